The number of hydrogen-bond donors (Lipinski definition) is 1. The molecular formula is C8H5Cl2NO. The Morgan fingerprint density at radius 3 is 2.58 bits per heavy atom. The molecule has 0 radical (unpaired) electrons. The van der Waals surface area contributed by atoms with Gasteiger partial charge in [0.05, 0.1) is 28.3 Å². The lowest BCUT2D eigenvalue weighted by molar-refractivity contribution is 0.281. The smallest absolute Gasteiger partial charge is 0.0995 e. The van der Waals surface area contributed by atoms with Crippen LogP contribution in [-0.4, -0.2) is 5.11 Å². The summed E-state index contributed by atoms with van der Waals surface area (Å²) in [5, 5.41) is 18.1. The Balaban J connectivity index is 3.38. The fraction of sp³-hybridized carbons (Fsp3) is 0.125. The molecule has 1 rings (SSSR count). The predicted molar refractivity (Wildman–Crippen MR) is 47.1 cm³/mol. The van der Waals surface area contributed by atoms with E-state index >= 15 is 0 Å². The maximum Gasteiger partial charge on any atom is 0.0995 e. The van der Waals surface area contributed by atoms with Crippen LogP contribution in [0.15, 0.2) is 12.1 Å². The van der Waals surface area contributed by atoms with Gasteiger partial charge in [-0.25, -0.2) is 0 Å². The zero-order chi connectivity index (χ0) is 9.14. The molecule has 0 atom stereocenters. The molecule has 0 aliphatic carbocycles. The van der Waals surface area contributed by atoms with Crippen molar-refractivity contribution in [1.82, 2.24) is 0 Å². The Labute approximate surface area is 80.0 Å². The lowest BCUT2D eigenvalue weighted by Gasteiger charge is -2.03. The molecule has 1 aromatic rings. The molecule has 0 fully saturated rings. The van der Waals surface area contributed by atoms with Crippen molar-refractivity contribution >= 4 is 23.2 Å². The zero-order valence-corrected chi connectivity index (χ0v) is 7.52. The van der Waals surface area contributed by atoms with Gasteiger partial charge in [-0.15, -0.1) is 0 Å². The van der Waals surface area contributed by atoms with Crippen molar-refractivity contribution in [2.75, 3.05) is 0 Å². The Kier molecular flexibility index (Phi) is 2.93. The maximum atomic E-state index is 8.86. The maximum absolute atomic E-state index is 8.86. The highest BCUT2D eigenvalue weighted by Gasteiger charge is 2.08. The van der Waals surface area contributed by atoms with Crippen LogP contribution < -0.4 is 0 Å². The van der Waals surface area contributed by atoms with Crippen LogP contribution in [0.3, 0.4) is 0 Å². The molecule has 2 nitrogen and oxygen atoms in total. The first-order chi connectivity index (χ1) is 5.70. The Morgan fingerprint density at radius 1 is 1.42 bits per heavy atom. The summed E-state index contributed by atoms with van der Waals surface area (Å²) in [4.78, 5) is 0. The molecule has 0 bridgehead atoms. The monoisotopic (exact) mass is 201 g/mol. The van der Waals surface area contributed by atoms with Crippen LogP contribution in [0.1, 0.15) is 11.1 Å². The molecule has 0 aliphatic rings. The molecule has 0 amide bonds. The highest BCUT2D eigenvalue weighted by Crippen LogP contribution is 2.28. The highest BCUT2D eigenvalue weighted by atomic mass is 35.5. The van der Waals surface area contributed by atoms with E-state index in [-0.39, 0.29) is 11.6 Å². The summed E-state index contributed by atoms with van der Waals surface area (Å²) in [6.07, 6.45) is 0. The highest BCUT2D eigenvalue weighted by molar-refractivity contribution is 6.42. The third-order valence-corrected chi connectivity index (χ3v) is 2.32. The lowest BCUT2D eigenvalue weighted by Crippen LogP contribution is -1.91. The van der Waals surface area contributed by atoms with E-state index in [1.54, 1.807) is 0 Å². The summed E-state index contributed by atoms with van der Waals surface area (Å²) in [6, 6.07) is 4.97. The molecule has 1 N–H and O–H groups in total. The SMILES string of the molecule is N#Cc1ccc(Cl)c(Cl)c1CO. The molecule has 62 valence electrons. The molecule has 0 heterocycles. The third kappa shape index (κ3) is 1.54. The number of aliphatic hydroxyl groups excluding tert-OH is 1. The van der Waals surface area contributed by atoms with Gasteiger partial charge in [0.2, 0.25) is 0 Å². The van der Waals surface area contributed by atoms with E-state index in [1.807, 2.05) is 6.07 Å². The van der Waals surface area contributed by atoms with Gasteiger partial charge in [-0.2, -0.15) is 5.26 Å². The van der Waals surface area contributed by atoms with Crippen molar-refractivity contribution in [3.63, 3.8) is 0 Å². The van der Waals surface area contributed by atoms with Crippen molar-refractivity contribution < 1.29 is 5.11 Å². The molecule has 0 unspecified atom stereocenters. The van der Waals surface area contributed by atoms with Crippen molar-refractivity contribution in [2.45, 2.75) is 6.61 Å². The van der Waals surface area contributed by atoms with Gasteiger partial charge in [0.25, 0.3) is 0 Å². The Hall–Kier alpha value is -0.750. The second-order valence-electron chi connectivity index (χ2n) is 2.16. The summed E-state index contributed by atoms with van der Waals surface area (Å²) >= 11 is 11.4. The Bertz CT molecular complexity index is 344. The van der Waals surface area contributed by atoms with Crippen molar-refractivity contribution in [3.8, 4) is 6.07 Å². The summed E-state index contributed by atoms with van der Waals surface area (Å²) in [6.45, 7) is -0.276. The zero-order valence-electron chi connectivity index (χ0n) is 6.01. The number of nitriles is 1. The third-order valence-electron chi connectivity index (χ3n) is 1.47. The average molecular weight is 202 g/mol. The molecule has 1 aromatic carbocycles. The molecule has 0 spiro atoms. The molecular weight excluding hydrogens is 197 g/mol. The van der Waals surface area contributed by atoms with Crippen LogP contribution in [-0.2, 0) is 6.61 Å². The van der Waals surface area contributed by atoms with E-state index in [4.69, 9.17) is 33.6 Å². The second-order valence-corrected chi connectivity index (χ2v) is 2.94. The molecule has 4 heteroatoms. The van der Waals surface area contributed by atoms with Crippen molar-refractivity contribution in [3.05, 3.63) is 33.3 Å². The van der Waals surface area contributed by atoms with Gasteiger partial charge < -0.3 is 5.11 Å². The van der Waals surface area contributed by atoms with E-state index < -0.39 is 0 Å². The average Bonchev–Trinajstić information content (AvgIpc) is 2.09. The summed E-state index contributed by atoms with van der Waals surface area (Å²) in [7, 11) is 0. The quantitative estimate of drug-likeness (QED) is 0.759. The molecule has 0 aliphatic heterocycles. The van der Waals surface area contributed by atoms with E-state index in [1.165, 1.54) is 12.1 Å². The molecule has 12 heavy (non-hydrogen) atoms. The van der Waals surface area contributed by atoms with Crippen LogP contribution in [0.4, 0.5) is 0 Å². The number of hydrogen-bond acceptors (Lipinski definition) is 2. The van der Waals surface area contributed by atoms with Gasteiger partial charge in [0.1, 0.15) is 0 Å². The first kappa shape index (κ1) is 9.34. The van der Waals surface area contributed by atoms with E-state index in [9.17, 15) is 0 Å². The minimum atomic E-state index is -0.276. The van der Waals surface area contributed by atoms with Gasteiger partial charge in [-0.1, -0.05) is 23.2 Å². The predicted octanol–water partition coefficient (Wildman–Crippen LogP) is 2.36. The van der Waals surface area contributed by atoms with Crippen molar-refractivity contribution in [2.24, 2.45) is 0 Å². The van der Waals surface area contributed by atoms with Crippen molar-refractivity contribution in [1.29, 1.82) is 5.26 Å². The largest absolute Gasteiger partial charge is 0.392 e. The second kappa shape index (κ2) is 3.77. The van der Waals surface area contributed by atoms with Gasteiger partial charge in [0.15, 0.2) is 0 Å². The normalized spacial score (nSPS) is 9.50. The number of halogens is 2. The van der Waals surface area contributed by atoms with Crippen LogP contribution in [0, 0.1) is 11.3 Å². The first-order valence-corrected chi connectivity index (χ1v) is 3.94. The number of aliphatic hydroxyl groups is 1. The first-order valence-electron chi connectivity index (χ1n) is 3.18. The fourth-order valence-corrected chi connectivity index (χ4v) is 1.25. The number of nitrogens with zero attached hydrogens (tertiary/aromatic N) is 1. The van der Waals surface area contributed by atoms with Gasteiger partial charge in [-0.3, -0.25) is 0 Å². The van der Waals surface area contributed by atoms with Crippen LogP contribution >= 0.6 is 23.2 Å². The Morgan fingerprint density at radius 2 is 2.08 bits per heavy atom. The molecule has 0 saturated carbocycles. The number of rotatable bonds is 1. The molecule has 0 aromatic heterocycles. The van der Waals surface area contributed by atoms with E-state index in [0.29, 0.717) is 16.1 Å². The van der Waals surface area contributed by atoms with Gasteiger partial charge in [-0.05, 0) is 12.1 Å². The molecule has 0 saturated heterocycles. The minimum Gasteiger partial charge on any atom is -0.392 e. The summed E-state index contributed by atoms with van der Waals surface area (Å²) < 4.78 is 0. The van der Waals surface area contributed by atoms with Gasteiger partial charge >= 0.3 is 0 Å². The van der Waals surface area contributed by atoms with E-state index in [2.05, 4.69) is 0 Å². The fourth-order valence-electron chi connectivity index (χ4n) is 0.852. The van der Waals surface area contributed by atoms with Gasteiger partial charge in [0, 0.05) is 5.56 Å². The van der Waals surface area contributed by atoms with Crippen LogP contribution in [0.5, 0.6) is 0 Å². The standard InChI is InChI=1S/C8H5Cl2NO/c9-7-2-1-5(3-11)6(4-12)8(7)10/h1-2,12H,4H2. The van der Waals surface area contributed by atoms with Crippen LogP contribution in [0.2, 0.25) is 10.0 Å². The summed E-state index contributed by atoms with van der Waals surface area (Å²) in [5.41, 5.74) is 0.735. The minimum absolute atomic E-state index is 0.248. The topological polar surface area (TPSA) is 44.0 Å². The van der Waals surface area contributed by atoms with Crippen LogP contribution in [0.25, 0.3) is 0 Å². The summed E-state index contributed by atoms with van der Waals surface area (Å²) in [5.74, 6) is 0. The number of benzene rings is 1. The van der Waals surface area contributed by atoms with E-state index in [0.717, 1.165) is 0 Å². The lowest BCUT2D eigenvalue weighted by atomic mass is 10.1.